The topological polar surface area (TPSA) is 57.0 Å². The second kappa shape index (κ2) is 5.90. The molecule has 0 fully saturated rings. The molecule has 3 aromatic rings. The number of halogens is 1. The van der Waals surface area contributed by atoms with Crippen LogP contribution in [-0.2, 0) is 0 Å². The lowest BCUT2D eigenvalue weighted by Gasteiger charge is -2.01. The zero-order valence-electron chi connectivity index (χ0n) is 11.9. The Labute approximate surface area is 136 Å². The number of carbonyl (C=O) groups excluding carboxylic acids is 1. The highest BCUT2D eigenvalue weighted by molar-refractivity contribution is 7.13. The monoisotopic (exact) mass is 333 g/mol. The molecule has 0 spiro atoms. The number of hydrogen-bond acceptors (Lipinski definition) is 5. The molecular formula is C15H12ClN3O2S. The van der Waals surface area contributed by atoms with E-state index in [0.717, 1.165) is 10.7 Å². The average Bonchev–Trinajstić information content (AvgIpc) is 3.06. The first-order valence-corrected chi connectivity index (χ1v) is 7.70. The molecule has 2 aromatic heterocycles. The van der Waals surface area contributed by atoms with E-state index in [1.807, 2.05) is 19.1 Å². The third-order valence-electron chi connectivity index (χ3n) is 2.94. The van der Waals surface area contributed by atoms with Gasteiger partial charge in [-0.05, 0) is 38.1 Å². The van der Waals surface area contributed by atoms with Crippen LogP contribution in [0.1, 0.15) is 20.4 Å². The molecule has 1 aromatic carbocycles. The predicted octanol–water partition coefficient (Wildman–Crippen LogP) is 3.82. The molecule has 22 heavy (non-hydrogen) atoms. The number of rotatable bonds is 3. The minimum atomic E-state index is -0.440. The van der Waals surface area contributed by atoms with Gasteiger partial charge in [0, 0.05) is 17.3 Å². The number of hydrogen-bond donors (Lipinski definition) is 0. The highest BCUT2D eigenvalue weighted by Gasteiger charge is 2.17. The molecule has 0 N–H and O–H groups in total. The Balaban J connectivity index is 1.78. The number of thiazole rings is 1. The standard InChI is InChI=1S/C15H12ClN3O2S/c1-9-14(22-10(2)17-9)15(20)21-13-7-8-19(18-13)12-5-3-11(16)4-6-12/h3-8H,1-2H3. The third-order valence-corrected chi connectivity index (χ3v) is 4.25. The van der Waals surface area contributed by atoms with E-state index in [-0.39, 0.29) is 5.88 Å². The molecule has 0 atom stereocenters. The van der Waals surface area contributed by atoms with E-state index in [4.69, 9.17) is 16.3 Å². The van der Waals surface area contributed by atoms with E-state index in [2.05, 4.69) is 10.1 Å². The average molecular weight is 334 g/mol. The summed E-state index contributed by atoms with van der Waals surface area (Å²) in [6.07, 6.45) is 1.72. The number of aryl methyl sites for hydroxylation is 2. The number of carbonyl (C=O) groups is 1. The van der Waals surface area contributed by atoms with Crippen LogP contribution in [0.15, 0.2) is 36.5 Å². The van der Waals surface area contributed by atoms with Gasteiger partial charge in [0.2, 0.25) is 5.88 Å². The summed E-state index contributed by atoms with van der Waals surface area (Å²) in [5.41, 5.74) is 1.50. The van der Waals surface area contributed by atoms with Gasteiger partial charge in [-0.25, -0.2) is 14.5 Å². The molecule has 7 heteroatoms. The normalized spacial score (nSPS) is 10.7. The van der Waals surface area contributed by atoms with Crippen LogP contribution in [0.3, 0.4) is 0 Å². The van der Waals surface area contributed by atoms with Crippen molar-refractivity contribution in [3.05, 3.63) is 57.1 Å². The molecule has 3 rings (SSSR count). The molecule has 0 unspecified atom stereocenters. The summed E-state index contributed by atoms with van der Waals surface area (Å²) < 4.78 is 6.91. The van der Waals surface area contributed by atoms with Crippen molar-refractivity contribution >= 4 is 28.9 Å². The Hall–Kier alpha value is -2.18. The molecule has 0 saturated heterocycles. The van der Waals surface area contributed by atoms with Gasteiger partial charge in [0.15, 0.2) is 0 Å². The number of benzene rings is 1. The maximum atomic E-state index is 12.1. The van der Waals surface area contributed by atoms with Crippen molar-refractivity contribution in [2.45, 2.75) is 13.8 Å². The van der Waals surface area contributed by atoms with Gasteiger partial charge in [0.25, 0.3) is 0 Å². The molecule has 0 aliphatic heterocycles. The Morgan fingerprint density at radius 3 is 2.59 bits per heavy atom. The summed E-state index contributed by atoms with van der Waals surface area (Å²) in [7, 11) is 0. The second-order valence-corrected chi connectivity index (χ2v) is 6.25. The van der Waals surface area contributed by atoms with Gasteiger partial charge in [-0.2, -0.15) is 0 Å². The first kappa shape index (κ1) is 14.7. The molecular weight excluding hydrogens is 322 g/mol. The van der Waals surface area contributed by atoms with Crippen LogP contribution in [-0.4, -0.2) is 20.7 Å². The van der Waals surface area contributed by atoms with E-state index in [9.17, 15) is 4.79 Å². The number of esters is 1. The fourth-order valence-corrected chi connectivity index (χ4v) is 2.88. The molecule has 0 radical (unpaired) electrons. The van der Waals surface area contributed by atoms with Gasteiger partial charge in [-0.15, -0.1) is 16.4 Å². The fraction of sp³-hybridized carbons (Fsp3) is 0.133. The molecule has 0 amide bonds. The van der Waals surface area contributed by atoms with Crippen molar-refractivity contribution in [2.24, 2.45) is 0 Å². The molecule has 0 bridgehead atoms. The smallest absolute Gasteiger partial charge is 0.357 e. The van der Waals surface area contributed by atoms with Crippen LogP contribution >= 0.6 is 22.9 Å². The maximum Gasteiger partial charge on any atom is 0.357 e. The second-order valence-electron chi connectivity index (χ2n) is 4.61. The van der Waals surface area contributed by atoms with Gasteiger partial charge < -0.3 is 4.74 Å². The Morgan fingerprint density at radius 2 is 1.95 bits per heavy atom. The van der Waals surface area contributed by atoms with Crippen molar-refractivity contribution in [3.8, 4) is 11.6 Å². The highest BCUT2D eigenvalue weighted by atomic mass is 35.5. The van der Waals surface area contributed by atoms with E-state index in [1.54, 1.807) is 36.0 Å². The fourth-order valence-electron chi connectivity index (χ4n) is 1.96. The highest BCUT2D eigenvalue weighted by Crippen LogP contribution is 2.20. The van der Waals surface area contributed by atoms with Gasteiger partial charge in [0.1, 0.15) is 4.88 Å². The Morgan fingerprint density at radius 1 is 1.23 bits per heavy atom. The first-order chi connectivity index (χ1) is 10.5. The molecule has 0 saturated carbocycles. The first-order valence-electron chi connectivity index (χ1n) is 6.51. The van der Waals surface area contributed by atoms with Gasteiger partial charge >= 0.3 is 5.97 Å². The van der Waals surface area contributed by atoms with Crippen molar-refractivity contribution in [1.82, 2.24) is 14.8 Å². The van der Waals surface area contributed by atoms with E-state index in [0.29, 0.717) is 15.6 Å². The van der Waals surface area contributed by atoms with Crippen molar-refractivity contribution < 1.29 is 9.53 Å². The van der Waals surface area contributed by atoms with Gasteiger partial charge in [-0.1, -0.05) is 11.6 Å². The van der Waals surface area contributed by atoms with Crippen molar-refractivity contribution in [3.63, 3.8) is 0 Å². The summed E-state index contributed by atoms with van der Waals surface area (Å²) in [5.74, 6) is -0.199. The van der Waals surface area contributed by atoms with Crippen LogP contribution in [0, 0.1) is 13.8 Å². The lowest BCUT2D eigenvalue weighted by molar-refractivity contribution is 0.0731. The quantitative estimate of drug-likeness (QED) is 0.684. The summed E-state index contributed by atoms with van der Waals surface area (Å²) in [6, 6.07) is 8.84. The van der Waals surface area contributed by atoms with E-state index < -0.39 is 5.97 Å². The zero-order valence-corrected chi connectivity index (χ0v) is 13.5. The lowest BCUT2D eigenvalue weighted by Crippen LogP contribution is -2.08. The third kappa shape index (κ3) is 3.03. The Bertz CT molecular complexity index is 824. The molecule has 112 valence electrons. The molecule has 0 aliphatic rings. The van der Waals surface area contributed by atoms with Crippen LogP contribution in [0.4, 0.5) is 0 Å². The van der Waals surface area contributed by atoms with Crippen LogP contribution in [0.25, 0.3) is 5.69 Å². The van der Waals surface area contributed by atoms with Crippen LogP contribution in [0.5, 0.6) is 5.88 Å². The number of nitrogens with zero attached hydrogens (tertiary/aromatic N) is 3. The van der Waals surface area contributed by atoms with E-state index >= 15 is 0 Å². The zero-order chi connectivity index (χ0) is 15.7. The summed E-state index contributed by atoms with van der Waals surface area (Å²) in [5, 5.41) is 5.71. The SMILES string of the molecule is Cc1nc(C)c(C(=O)Oc2ccn(-c3ccc(Cl)cc3)n2)s1. The van der Waals surface area contributed by atoms with Crippen LogP contribution in [0.2, 0.25) is 5.02 Å². The van der Waals surface area contributed by atoms with Gasteiger partial charge in [0.05, 0.1) is 16.4 Å². The minimum Gasteiger partial charge on any atom is -0.402 e. The van der Waals surface area contributed by atoms with Crippen molar-refractivity contribution in [2.75, 3.05) is 0 Å². The predicted molar refractivity (Wildman–Crippen MR) is 85.1 cm³/mol. The van der Waals surface area contributed by atoms with Crippen LogP contribution < -0.4 is 4.74 Å². The largest absolute Gasteiger partial charge is 0.402 e. The summed E-state index contributed by atoms with van der Waals surface area (Å²) in [6.45, 7) is 3.64. The molecule has 0 aliphatic carbocycles. The van der Waals surface area contributed by atoms with E-state index in [1.165, 1.54) is 11.3 Å². The maximum absolute atomic E-state index is 12.1. The summed E-state index contributed by atoms with van der Waals surface area (Å²) in [4.78, 5) is 16.8. The number of ether oxygens (including phenoxy) is 1. The minimum absolute atomic E-state index is 0.241. The van der Waals surface area contributed by atoms with Gasteiger partial charge in [-0.3, -0.25) is 0 Å². The molecule has 5 nitrogen and oxygen atoms in total. The summed E-state index contributed by atoms with van der Waals surface area (Å²) >= 11 is 7.17. The Kier molecular flexibility index (Phi) is 3.96. The van der Waals surface area contributed by atoms with Crippen molar-refractivity contribution in [1.29, 1.82) is 0 Å². The lowest BCUT2D eigenvalue weighted by atomic mass is 10.3. The number of aromatic nitrogens is 3. The molecule has 2 heterocycles.